The van der Waals surface area contributed by atoms with Crippen LogP contribution in [0.4, 0.5) is 5.69 Å². The van der Waals surface area contributed by atoms with Gasteiger partial charge < -0.3 is 10.1 Å². The molecule has 5 heteroatoms. The number of benzene rings is 2. The summed E-state index contributed by atoms with van der Waals surface area (Å²) in [6.07, 6.45) is 0. The number of ether oxygens (including phenoxy) is 1. The maximum Gasteiger partial charge on any atom is 0.255 e. The van der Waals surface area contributed by atoms with Gasteiger partial charge in [-0.1, -0.05) is 0 Å². The van der Waals surface area contributed by atoms with Gasteiger partial charge in [-0.15, -0.1) is 0 Å². The molecule has 2 aromatic rings. The van der Waals surface area contributed by atoms with Crippen molar-refractivity contribution in [2.45, 2.75) is 0 Å². The molecule has 2 rings (SSSR count). The summed E-state index contributed by atoms with van der Waals surface area (Å²) in [5, 5.41) is 11.5. The Morgan fingerprint density at radius 3 is 2.50 bits per heavy atom. The zero-order valence-electron chi connectivity index (χ0n) is 10.7. The van der Waals surface area contributed by atoms with Crippen LogP contribution in [0.2, 0.25) is 0 Å². The fraction of sp³-hybridized carbons (Fsp3) is 0.0667. The van der Waals surface area contributed by atoms with E-state index in [4.69, 9.17) is 10.00 Å². The molecule has 20 heavy (non-hydrogen) atoms. The van der Waals surface area contributed by atoms with Crippen LogP contribution in [0.15, 0.2) is 46.9 Å². The first-order valence-electron chi connectivity index (χ1n) is 5.79. The Balaban J connectivity index is 2.15. The summed E-state index contributed by atoms with van der Waals surface area (Å²) in [7, 11) is 1.57. The van der Waals surface area contributed by atoms with E-state index in [-0.39, 0.29) is 5.91 Å². The van der Waals surface area contributed by atoms with E-state index in [1.54, 1.807) is 49.6 Å². The second kappa shape index (κ2) is 6.22. The first-order valence-corrected chi connectivity index (χ1v) is 6.58. The lowest BCUT2D eigenvalue weighted by atomic mass is 10.2. The molecule has 0 aromatic heterocycles. The molecule has 0 fully saturated rings. The van der Waals surface area contributed by atoms with Crippen LogP contribution in [0, 0.1) is 11.3 Å². The van der Waals surface area contributed by atoms with Crippen molar-refractivity contribution in [3.8, 4) is 11.8 Å². The monoisotopic (exact) mass is 330 g/mol. The van der Waals surface area contributed by atoms with Gasteiger partial charge in [0.25, 0.3) is 5.91 Å². The summed E-state index contributed by atoms with van der Waals surface area (Å²) >= 11 is 3.34. The van der Waals surface area contributed by atoms with E-state index in [1.807, 2.05) is 6.07 Å². The zero-order valence-corrected chi connectivity index (χ0v) is 12.3. The molecule has 0 atom stereocenters. The first kappa shape index (κ1) is 14.1. The number of nitriles is 1. The molecule has 4 nitrogen and oxygen atoms in total. The third kappa shape index (κ3) is 3.16. The smallest absolute Gasteiger partial charge is 0.255 e. The summed E-state index contributed by atoms with van der Waals surface area (Å²) in [4.78, 5) is 12.1. The molecule has 0 spiro atoms. The summed E-state index contributed by atoms with van der Waals surface area (Å²) in [5.74, 6) is 0.443. The van der Waals surface area contributed by atoms with Crippen LogP contribution in [-0.4, -0.2) is 13.0 Å². The van der Waals surface area contributed by atoms with Crippen molar-refractivity contribution in [3.63, 3.8) is 0 Å². The molecule has 0 aliphatic heterocycles. The standard InChI is InChI=1S/C15H11BrN2O2/c1-20-14-7-4-11(8-13(14)16)15(19)18-12-5-2-10(9-17)3-6-12/h2-8H,1H3,(H,18,19). The Labute approximate surface area is 125 Å². The highest BCUT2D eigenvalue weighted by Gasteiger charge is 2.09. The van der Waals surface area contributed by atoms with E-state index in [9.17, 15) is 4.79 Å². The van der Waals surface area contributed by atoms with E-state index in [2.05, 4.69) is 21.2 Å². The summed E-state index contributed by atoms with van der Waals surface area (Å²) < 4.78 is 5.83. The van der Waals surface area contributed by atoms with Gasteiger partial charge >= 0.3 is 0 Å². The Bertz CT molecular complexity index is 675. The fourth-order valence-electron chi connectivity index (χ4n) is 1.64. The number of hydrogen-bond donors (Lipinski definition) is 1. The van der Waals surface area contributed by atoms with Crippen LogP contribution in [0.1, 0.15) is 15.9 Å². The van der Waals surface area contributed by atoms with Crippen LogP contribution in [0.5, 0.6) is 5.75 Å². The van der Waals surface area contributed by atoms with E-state index >= 15 is 0 Å². The number of amides is 1. The normalized spacial score (nSPS) is 9.65. The lowest BCUT2D eigenvalue weighted by molar-refractivity contribution is 0.102. The zero-order chi connectivity index (χ0) is 14.5. The van der Waals surface area contributed by atoms with Crippen LogP contribution in [0.25, 0.3) is 0 Å². The lowest BCUT2D eigenvalue weighted by Gasteiger charge is -2.07. The van der Waals surface area contributed by atoms with Crippen LogP contribution >= 0.6 is 15.9 Å². The minimum absolute atomic E-state index is 0.224. The second-order valence-electron chi connectivity index (χ2n) is 3.99. The third-order valence-electron chi connectivity index (χ3n) is 2.69. The lowest BCUT2D eigenvalue weighted by Crippen LogP contribution is -2.11. The number of carbonyl (C=O) groups is 1. The molecule has 0 saturated carbocycles. The van der Waals surface area contributed by atoms with Gasteiger partial charge in [-0.05, 0) is 58.4 Å². The van der Waals surface area contributed by atoms with Crippen LogP contribution < -0.4 is 10.1 Å². The van der Waals surface area contributed by atoms with Crippen molar-refractivity contribution in [2.75, 3.05) is 12.4 Å². The van der Waals surface area contributed by atoms with Crippen molar-refractivity contribution < 1.29 is 9.53 Å². The van der Waals surface area contributed by atoms with Crippen molar-refractivity contribution in [1.29, 1.82) is 5.26 Å². The highest BCUT2D eigenvalue weighted by molar-refractivity contribution is 9.10. The second-order valence-corrected chi connectivity index (χ2v) is 4.85. The molecule has 0 aliphatic rings. The quantitative estimate of drug-likeness (QED) is 0.935. The van der Waals surface area contributed by atoms with Gasteiger partial charge in [0.05, 0.1) is 23.2 Å². The average Bonchev–Trinajstić information content (AvgIpc) is 2.48. The number of hydrogen-bond acceptors (Lipinski definition) is 3. The van der Waals surface area contributed by atoms with Crippen molar-refractivity contribution in [3.05, 3.63) is 58.1 Å². The van der Waals surface area contributed by atoms with Crippen molar-refractivity contribution >= 4 is 27.5 Å². The van der Waals surface area contributed by atoms with E-state index in [1.165, 1.54) is 0 Å². The highest BCUT2D eigenvalue weighted by atomic mass is 79.9. The molecule has 0 unspecified atom stereocenters. The van der Waals surface area contributed by atoms with Crippen molar-refractivity contribution in [2.24, 2.45) is 0 Å². The van der Waals surface area contributed by atoms with Crippen LogP contribution in [0.3, 0.4) is 0 Å². The Hall–Kier alpha value is -2.32. The van der Waals surface area contributed by atoms with Gasteiger partial charge in [0, 0.05) is 11.3 Å². The third-order valence-corrected chi connectivity index (χ3v) is 3.31. The molecule has 0 bridgehead atoms. The minimum Gasteiger partial charge on any atom is -0.496 e. The number of nitrogens with one attached hydrogen (secondary N) is 1. The summed E-state index contributed by atoms with van der Waals surface area (Å²) in [6.45, 7) is 0. The van der Waals surface area contributed by atoms with E-state index in [0.717, 1.165) is 0 Å². The Kier molecular flexibility index (Phi) is 4.38. The minimum atomic E-state index is -0.224. The van der Waals surface area contributed by atoms with Gasteiger partial charge in [-0.2, -0.15) is 5.26 Å². The van der Waals surface area contributed by atoms with Crippen LogP contribution in [-0.2, 0) is 0 Å². The summed E-state index contributed by atoms with van der Waals surface area (Å²) in [6, 6.07) is 13.8. The van der Waals surface area contributed by atoms with E-state index in [0.29, 0.717) is 27.0 Å². The van der Waals surface area contributed by atoms with Gasteiger partial charge in [-0.25, -0.2) is 0 Å². The summed E-state index contributed by atoms with van der Waals surface area (Å²) in [5.41, 5.74) is 1.71. The maximum absolute atomic E-state index is 12.1. The number of methoxy groups -OCH3 is 1. The molecule has 1 N–H and O–H groups in total. The van der Waals surface area contributed by atoms with E-state index < -0.39 is 0 Å². The molecule has 1 amide bonds. The maximum atomic E-state index is 12.1. The molecule has 0 radical (unpaired) electrons. The van der Waals surface area contributed by atoms with Gasteiger partial charge in [0.15, 0.2) is 0 Å². The van der Waals surface area contributed by atoms with Gasteiger partial charge in [0.2, 0.25) is 0 Å². The first-order chi connectivity index (χ1) is 9.63. The predicted molar refractivity (Wildman–Crippen MR) is 79.8 cm³/mol. The van der Waals surface area contributed by atoms with Crippen molar-refractivity contribution in [1.82, 2.24) is 0 Å². The Morgan fingerprint density at radius 1 is 1.25 bits per heavy atom. The number of halogens is 1. The number of rotatable bonds is 3. The Morgan fingerprint density at radius 2 is 1.95 bits per heavy atom. The number of anilines is 1. The molecule has 0 heterocycles. The molecule has 2 aromatic carbocycles. The van der Waals surface area contributed by atoms with Gasteiger partial charge in [-0.3, -0.25) is 4.79 Å². The molecule has 100 valence electrons. The molecule has 0 saturated heterocycles. The number of carbonyl (C=O) groups excluding carboxylic acids is 1. The molecular formula is C15H11BrN2O2. The average molecular weight is 331 g/mol. The number of nitrogens with zero attached hydrogens (tertiary/aromatic N) is 1. The highest BCUT2D eigenvalue weighted by Crippen LogP contribution is 2.25. The fourth-order valence-corrected chi connectivity index (χ4v) is 2.18. The van der Waals surface area contributed by atoms with Gasteiger partial charge in [0.1, 0.15) is 5.75 Å². The topological polar surface area (TPSA) is 62.1 Å². The molecule has 0 aliphatic carbocycles. The predicted octanol–water partition coefficient (Wildman–Crippen LogP) is 3.58. The molecular weight excluding hydrogens is 320 g/mol. The SMILES string of the molecule is COc1ccc(C(=O)Nc2ccc(C#N)cc2)cc1Br. The largest absolute Gasteiger partial charge is 0.496 e.